The molecule has 0 aromatic carbocycles. The molecule has 0 bridgehead atoms. The van der Waals surface area contributed by atoms with Gasteiger partial charge in [0, 0.05) is 56.2 Å². The molecule has 6 N–H and O–H groups in total. The zero-order valence-corrected chi connectivity index (χ0v) is 20.2. The molecule has 0 saturated carbocycles. The molecule has 36 heavy (non-hydrogen) atoms. The van der Waals surface area contributed by atoms with Gasteiger partial charge in [0.05, 0.1) is 17.9 Å². The van der Waals surface area contributed by atoms with Crippen LogP contribution in [0.15, 0.2) is 76.6 Å². The molecule has 12 nitrogen and oxygen atoms in total. The first-order chi connectivity index (χ1) is 17.3. The van der Waals surface area contributed by atoms with Crippen molar-refractivity contribution in [1.29, 1.82) is 0 Å². The van der Waals surface area contributed by atoms with Crippen LogP contribution in [0.4, 0.5) is 0 Å². The maximum Gasteiger partial charge on any atom is 0.261 e. The molecule has 3 rings (SSSR count). The Kier molecular flexibility index (Phi) is 8.95. The standard InChI is InChI=1S/C24H31N9O3/c1-16(19(10-26)11-28-17(2)27)6-7-18(9-25)23-30-24(36-31-23)20-12-29-33(13-20)15-22(34)32(3)14-21-5-4-8-35-21/h6-7,9-13,21H,1-2,4-5,8,14-15,25-27H2,3H3/b7-6-,18-9+,19-10+,28-11-. The number of hydrogen-bond donors (Lipinski definition) is 3. The highest BCUT2D eigenvalue weighted by atomic mass is 16.5. The van der Waals surface area contributed by atoms with E-state index in [9.17, 15) is 4.79 Å². The minimum absolute atomic E-state index is 0.0724. The average Bonchev–Trinajstić information content (AvgIpc) is 3.62. The Morgan fingerprint density at radius 1 is 1.33 bits per heavy atom. The number of nitrogens with two attached hydrogens (primary N) is 3. The van der Waals surface area contributed by atoms with Crippen molar-refractivity contribution in [3.05, 3.63) is 72.9 Å². The number of allylic oxidation sites excluding steroid dienone is 5. The number of carbonyl (C=O) groups excluding carboxylic acids is 1. The third-order valence-corrected chi connectivity index (χ3v) is 5.35. The van der Waals surface area contributed by atoms with Crippen LogP contribution in [0.1, 0.15) is 18.7 Å². The minimum Gasteiger partial charge on any atom is -0.404 e. The molecule has 1 atom stereocenters. The van der Waals surface area contributed by atoms with Gasteiger partial charge in [0.1, 0.15) is 12.4 Å². The third kappa shape index (κ3) is 7.03. The second-order valence-electron chi connectivity index (χ2n) is 8.11. The number of hydrogen-bond acceptors (Lipinski definition) is 10. The van der Waals surface area contributed by atoms with E-state index in [1.54, 1.807) is 36.5 Å². The van der Waals surface area contributed by atoms with Crippen LogP contribution in [0, 0.1) is 0 Å². The van der Waals surface area contributed by atoms with Crippen LogP contribution in [-0.2, 0) is 16.1 Å². The lowest BCUT2D eigenvalue weighted by atomic mass is 10.1. The highest BCUT2D eigenvalue weighted by molar-refractivity contribution is 5.86. The monoisotopic (exact) mass is 493 g/mol. The van der Waals surface area contributed by atoms with Crippen LogP contribution in [0.25, 0.3) is 17.0 Å². The lowest BCUT2D eigenvalue weighted by Crippen LogP contribution is -2.36. The van der Waals surface area contributed by atoms with Gasteiger partial charge in [-0.15, -0.1) is 0 Å². The molecular formula is C24H31N9O3. The van der Waals surface area contributed by atoms with Crippen molar-refractivity contribution in [2.75, 3.05) is 20.2 Å². The van der Waals surface area contributed by atoms with Crippen LogP contribution in [0.5, 0.6) is 0 Å². The molecular weight excluding hydrogens is 462 g/mol. The Hall–Kier alpha value is -4.45. The summed E-state index contributed by atoms with van der Waals surface area (Å²) < 4.78 is 12.5. The second kappa shape index (κ2) is 12.3. The summed E-state index contributed by atoms with van der Waals surface area (Å²) in [5, 5.41) is 8.23. The highest BCUT2D eigenvalue weighted by Gasteiger charge is 2.21. The fourth-order valence-electron chi connectivity index (χ4n) is 3.35. The SMILES string of the molecule is C=C(N)/N=C\C(=C/N)C(=C)/C=C\C(=C/N)c1noc(-c2cnn(CC(=O)N(C)CC3CCCO3)c2)n1. The fraction of sp³-hybridized carbons (Fsp3) is 0.292. The summed E-state index contributed by atoms with van der Waals surface area (Å²) in [7, 11) is 1.76. The predicted molar refractivity (Wildman–Crippen MR) is 137 cm³/mol. The zero-order chi connectivity index (χ0) is 26.1. The van der Waals surface area contributed by atoms with E-state index in [1.807, 2.05) is 0 Å². The summed E-state index contributed by atoms with van der Waals surface area (Å²) in [4.78, 5) is 22.5. The molecule has 1 unspecified atom stereocenters. The summed E-state index contributed by atoms with van der Waals surface area (Å²) in [5.41, 5.74) is 19.0. The molecule has 1 aliphatic heterocycles. The van der Waals surface area contributed by atoms with Crippen molar-refractivity contribution in [3.8, 4) is 11.5 Å². The van der Waals surface area contributed by atoms with Crippen LogP contribution < -0.4 is 17.2 Å². The maximum atomic E-state index is 12.5. The highest BCUT2D eigenvalue weighted by Crippen LogP contribution is 2.21. The van der Waals surface area contributed by atoms with Gasteiger partial charge < -0.3 is 31.4 Å². The minimum atomic E-state index is -0.0724. The first-order valence-corrected chi connectivity index (χ1v) is 11.2. The molecule has 1 fully saturated rings. The van der Waals surface area contributed by atoms with E-state index in [-0.39, 0.29) is 36.1 Å². The second-order valence-corrected chi connectivity index (χ2v) is 8.11. The topological polar surface area (TPSA) is 177 Å². The van der Waals surface area contributed by atoms with E-state index < -0.39 is 0 Å². The quantitative estimate of drug-likeness (QED) is 0.308. The van der Waals surface area contributed by atoms with E-state index in [2.05, 4.69) is 33.4 Å². The third-order valence-electron chi connectivity index (χ3n) is 5.35. The summed E-state index contributed by atoms with van der Waals surface area (Å²) in [6.07, 6.45) is 12.8. The molecule has 0 aliphatic carbocycles. The lowest BCUT2D eigenvalue weighted by Gasteiger charge is -2.20. The van der Waals surface area contributed by atoms with Gasteiger partial charge in [0.25, 0.3) is 5.89 Å². The normalized spacial score (nSPS) is 16.8. The smallest absolute Gasteiger partial charge is 0.261 e. The number of aliphatic imine (C=N–C) groups is 1. The van der Waals surface area contributed by atoms with E-state index in [1.165, 1.54) is 23.3 Å². The van der Waals surface area contributed by atoms with Crippen LogP contribution in [0.2, 0.25) is 0 Å². The van der Waals surface area contributed by atoms with Crippen LogP contribution >= 0.6 is 0 Å². The number of likely N-dealkylation sites (N-methyl/N-ethyl adjacent to an activating group) is 1. The summed E-state index contributed by atoms with van der Waals surface area (Å²) in [6.45, 7) is 8.84. The summed E-state index contributed by atoms with van der Waals surface area (Å²) >= 11 is 0. The van der Waals surface area contributed by atoms with Gasteiger partial charge in [-0.05, 0) is 24.5 Å². The molecule has 190 valence electrons. The fourth-order valence-corrected chi connectivity index (χ4v) is 3.35. The molecule has 1 aliphatic rings. The molecule has 0 spiro atoms. The van der Waals surface area contributed by atoms with Crippen molar-refractivity contribution in [1.82, 2.24) is 24.8 Å². The number of carbonyl (C=O) groups is 1. The first-order valence-electron chi connectivity index (χ1n) is 11.2. The van der Waals surface area contributed by atoms with Gasteiger partial charge in [-0.3, -0.25) is 9.48 Å². The van der Waals surface area contributed by atoms with E-state index in [0.717, 1.165) is 19.4 Å². The van der Waals surface area contributed by atoms with Gasteiger partial charge in [-0.25, -0.2) is 4.99 Å². The molecule has 12 heteroatoms. The van der Waals surface area contributed by atoms with E-state index >= 15 is 0 Å². The Labute approximate surface area is 209 Å². The van der Waals surface area contributed by atoms with Crippen molar-refractivity contribution in [2.45, 2.75) is 25.5 Å². The summed E-state index contributed by atoms with van der Waals surface area (Å²) in [5.74, 6) is 0.571. The number of amides is 1. The Morgan fingerprint density at radius 3 is 2.81 bits per heavy atom. The molecule has 3 heterocycles. The molecule has 2 aromatic heterocycles. The summed E-state index contributed by atoms with van der Waals surface area (Å²) in [6, 6.07) is 0. The van der Waals surface area contributed by atoms with Gasteiger partial charge in [0.2, 0.25) is 11.7 Å². The number of aromatic nitrogens is 4. The van der Waals surface area contributed by atoms with Gasteiger partial charge in [0.15, 0.2) is 0 Å². The van der Waals surface area contributed by atoms with Crippen LogP contribution in [0.3, 0.4) is 0 Å². The number of rotatable bonds is 11. The van der Waals surface area contributed by atoms with Gasteiger partial charge in [-0.2, -0.15) is 10.1 Å². The Bertz CT molecular complexity index is 1210. The Balaban J connectivity index is 1.63. The molecule has 2 aromatic rings. The zero-order valence-electron chi connectivity index (χ0n) is 20.2. The molecule has 0 radical (unpaired) electrons. The molecule has 1 saturated heterocycles. The lowest BCUT2D eigenvalue weighted by molar-refractivity contribution is -0.132. The van der Waals surface area contributed by atoms with Gasteiger partial charge in [-0.1, -0.05) is 24.4 Å². The van der Waals surface area contributed by atoms with Gasteiger partial charge >= 0.3 is 0 Å². The average molecular weight is 494 g/mol. The number of ether oxygens (including phenoxy) is 1. The van der Waals surface area contributed by atoms with Crippen molar-refractivity contribution < 1.29 is 14.1 Å². The number of nitrogens with zero attached hydrogens (tertiary/aromatic N) is 6. The van der Waals surface area contributed by atoms with Crippen molar-refractivity contribution >= 4 is 17.7 Å². The maximum absolute atomic E-state index is 12.5. The largest absolute Gasteiger partial charge is 0.404 e. The van der Waals surface area contributed by atoms with E-state index in [4.69, 9.17) is 26.5 Å². The molecule has 1 amide bonds. The van der Waals surface area contributed by atoms with E-state index in [0.29, 0.717) is 28.8 Å². The van der Waals surface area contributed by atoms with Crippen molar-refractivity contribution in [2.24, 2.45) is 22.2 Å². The Morgan fingerprint density at radius 2 is 2.14 bits per heavy atom. The van der Waals surface area contributed by atoms with Crippen molar-refractivity contribution in [3.63, 3.8) is 0 Å². The van der Waals surface area contributed by atoms with Crippen LogP contribution in [-0.4, -0.2) is 63.2 Å². The predicted octanol–water partition coefficient (Wildman–Crippen LogP) is 1.33. The first kappa shape index (κ1) is 26.2.